The number of carbonyl (C=O) groups excluding carboxylic acids is 2. The van der Waals surface area contributed by atoms with Crippen LogP contribution in [0.25, 0.3) is 0 Å². The van der Waals surface area contributed by atoms with Gasteiger partial charge in [0.2, 0.25) is 0 Å². The molecule has 4 rings (SSSR count). The number of aliphatic hydroxyl groups excluding tert-OH is 1. The summed E-state index contributed by atoms with van der Waals surface area (Å²) < 4.78 is 24.0. The fraction of sp³-hybridized carbons (Fsp3) is 0.250. The number of hydrogen-bond donors (Lipinski definition) is 4. The summed E-state index contributed by atoms with van der Waals surface area (Å²) in [7, 11) is 1.27. The molecule has 1 aliphatic rings. The van der Waals surface area contributed by atoms with E-state index in [1.807, 2.05) is 18.2 Å². The minimum absolute atomic E-state index is 0.166. The Balaban J connectivity index is 1.43. The number of methoxy groups -OCH3 is 1. The maximum Gasteiger partial charge on any atom is 0.337 e. The molecule has 240 valence electrons. The zero-order chi connectivity index (χ0) is 33.2. The Bertz CT molecular complexity index is 1710. The van der Waals surface area contributed by atoms with Gasteiger partial charge in [-0.2, -0.15) is 10.4 Å². The number of benzene rings is 3. The van der Waals surface area contributed by atoms with Crippen LogP contribution < -0.4 is 30.3 Å². The smallest absolute Gasteiger partial charge is 0.337 e. The van der Waals surface area contributed by atoms with Gasteiger partial charge in [0.25, 0.3) is 0 Å². The Labute approximate surface area is 282 Å². The van der Waals surface area contributed by atoms with E-state index in [0.29, 0.717) is 50.7 Å². The third kappa shape index (κ3) is 8.57. The van der Waals surface area contributed by atoms with Gasteiger partial charge < -0.3 is 34.7 Å². The van der Waals surface area contributed by atoms with Crippen molar-refractivity contribution in [3.05, 3.63) is 97.1 Å². The van der Waals surface area contributed by atoms with E-state index in [4.69, 9.17) is 18.9 Å². The average Bonchev–Trinajstić information content (AvgIpc) is 3.03. The van der Waals surface area contributed by atoms with Gasteiger partial charge in [0.1, 0.15) is 19.0 Å². The summed E-state index contributed by atoms with van der Waals surface area (Å²) in [5.41, 5.74) is 5.70. The third-order valence-electron chi connectivity index (χ3n) is 6.65. The lowest BCUT2D eigenvalue weighted by Crippen LogP contribution is -2.45. The summed E-state index contributed by atoms with van der Waals surface area (Å²) in [4.78, 5) is 24.7. The van der Waals surface area contributed by atoms with Crippen LogP contribution in [0.5, 0.6) is 17.2 Å². The molecule has 46 heavy (non-hydrogen) atoms. The molecule has 14 heteroatoms. The van der Waals surface area contributed by atoms with Crippen LogP contribution in [0.2, 0.25) is 0 Å². The fourth-order valence-corrected chi connectivity index (χ4v) is 5.92. The van der Waals surface area contributed by atoms with Crippen LogP contribution in [0.3, 0.4) is 0 Å². The summed E-state index contributed by atoms with van der Waals surface area (Å²) in [5.74, 6) is 0.602. The highest BCUT2D eigenvalue weighted by molar-refractivity contribution is 9.11. The molecule has 3 aromatic carbocycles. The van der Waals surface area contributed by atoms with Crippen molar-refractivity contribution >= 4 is 50.1 Å². The van der Waals surface area contributed by atoms with E-state index < -0.39 is 24.3 Å². The summed E-state index contributed by atoms with van der Waals surface area (Å²) in [5, 5.41) is 29.4. The molecule has 0 spiro atoms. The molecule has 4 N–H and O–H groups in total. The van der Waals surface area contributed by atoms with Crippen molar-refractivity contribution in [1.82, 2.24) is 16.1 Å². The first kappa shape index (κ1) is 34.3. The number of rotatable bonds is 13. The second kappa shape index (κ2) is 16.1. The summed E-state index contributed by atoms with van der Waals surface area (Å²) in [6.45, 7) is 3.72. The molecular weight excluding hydrogens is 726 g/mol. The molecule has 0 unspecified atom stereocenters. The number of nitrogens with zero attached hydrogens (tertiary/aromatic N) is 2. The van der Waals surface area contributed by atoms with E-state index in [0.717, 1.165) is 10.0 Å². The minimum atomic E-state index is -1.20. The zero-order valence-electron chi connectivity index (χ0n) is 25.1. The van der Waals surface area contributed by atoms with Crippen LogP contribution >= 0.6 is 31.9 Å². The molecule has 0 saturated carbocycles. The van der Waals surface area contributed by atoms with Gasteiger partial charge >= 0.3 is 12.0 Å². The topological polar surface area (TPSA) is 164 Å². The monoisotopic (exact) mass is 755 g/mol. The predicted octanol–water partition coefficient (Wildman–Crippen LogP) is 5.18. The molecular formula is C32H31Br2N5O7. The molecule has 0 radical (unpaired) electrons. The van der Waals surface area contributed by atoms with Crippen molar-refractivity contribution in [3.8, 4) is 23.3 Å². The van der Waals surface area contributed by atoms with Crippen molar-refractivity contribution in [2.24, 2.45) is 5.10 Å². The van der Waals surface area contributed by atoms with Gasteiger partial charge in [0.15, 0.2) is 17.7 Å². The number of allylic oxidation sites excluding steroid dienone is 1. The molecule has 0 aromatic heterocycles. The van der Waals surface area contributed by atoms with Crippen LogP contribution in [0.15, 0.2) is 79.9 Å². The average molecular weight is 757 g/mol. The number of ether oxygens (including phenoxy) is 4. The Morgan fingerprint density at radius 1 is 1.15 bits per heavy atom. The van der Waals surface area contributed by atoms with Gasteiger partial charge in [-0.15, -0.1) is 0 Å². The molecule has 0 fully saturated rings. The first-order chi connectivity index (χ1) is 22.1. The number of esters is 1. The highest BCUT2D eigenvalue weighted by Gasteiger charge is 2.32. The van der Waals surface area contributed by atoms with E-state index in [1.54, 1.807) is 50.2 Å². The van der Waals surface area contributed by atoms with Crippen molar-refractivity contribution in [2.45, 2.75) is 32.7 Å². The van der Waals surface area contributed by atoms with Crippen molar-refractivity contribution in [3.63, 3.8) is 0 Å². The zero-order valence-corrected chi connectivity index (χ0v) is 28.3. The van der Waals surface area contributed by atoms with E-state index in [-0.39, 0.29) is 18.8 Å². The Kier molecular flexibility index (Phi) is 12.0. The first-order valence-corrected chi connectivity index (χ1v) is 15.6. The molecule has 0 bridgehead atoms. The summed E-state index contributed by atoms with van der Waals surface area (Å²) >= 11 is 6.98. The summed E-state index contributed by atoms with van der Waals surface area (Å²) in [6.07, 6.45) is 0.292. The normalized spacial score (nSPS) is 15.0. The number of urea groups is 1. The van der Waals surface area contributed by atoms with Gasteiger partial charge in [0.05, 0.1) is 47.7 Å². The number of hydrazone groups is 1. The number of carbonyl (C=O) groups is 2. The number of aliphatic hydroxyl groups is 1. The minimum Gasteiger partial charge on any atom is -0.490 e. The lowest BCUT2D eigenvalue weighted by Gasteiger charge is -2.28. The van der Waals surface area contributed by atoms with Crippen LogP contribution in [-0.2, 0) is 16.1 Å². The Morgan fingerprint density at radius 2 is 1.93 bits per heavy atom. The maximum absolute atomic E-state index is 12.5. The fourth-order valence-electron chi connectivity index (χ4n) is 4.55. The van der Waals surface area contributed by atoms with E-state index in [2.05, 4.69) is 59.1 Å². The number of nitriles is 1. The Hall–Kier alpha value is -4.58. The van der Waals surface area contributed by atoms with E-state index >= 15 is 0 Å². The maximum atomic E-state index is 12.5. The van der Waals surface area contributed by atoms with Gasteiger partial charge in [-0.1, -0.05) is 40.2 Å². The van der Waals surface area contributed by atoms with Crippen molar-refractivity contribution in [1.29, 1.82) is 5.26 Å². The second-order valence-electron chi connectivity index (χ2n) is 9.78. The van der Waals surface area contributed by atoms with Crippen LogP contribution in [-0.4, -0.2) is 49.9 Å². The lowest BCUT2D eigenvalue weighted by atomic mass is 9.95. The van der Waals surface area contributed by atoms with Gasteiger partial charge in [0, 0.05) is 21.3 Å². The van der Waals surface area contributed by atoms with Crippen LogP contribution in [0.1, 0.15) is 42.1 Å². The van der Waals surface area contributed by atoms with Gasteiger partial charge in [-0.05, 0) is 65.7 Å². The number of nitrogens with one attached hydrogen (secondary N) is 3. The highest BCUT2D eigenvalue weighted by Crippen LogP contribution is 2.35. The summed E-state index contributed by atoms with van der Waals surface area (Å²) in [6, 6.07) is 16.7. The molecule has 2 atom stereocenters. The third-order valence-corrected chi connectivity index (χ3v) is 7.69. The van der Waals surface area contributed by atoms with E-state index in [9.17, 15) is 20.0 Å². The SMILES string of the molecule is CCOc1cc([C@H]2NC(=O)NC(C)=C2C(=O)OC)ccc1OC[C@H](O)N/N=C/c1cc(Br)cc(Br)c1OCc1ccccc1C#N. The predicted molar refractivity (Wildman–Crippen MR) is 176 cm³/mol. The second-order valence-corrected chi connectivity index (χ2v) is 11.5. The molecule has 1 aliphatic heterocycles. The number of amides is 2. The standard InChI is InChI=1S/C32H31Br2N5O7/c1-4-44-26-12-19(29-28(31(41)43-3)18(2)37-32(42)38-29)9-10-25(26)45-17-27(40)39-36-15-22-11-23(33)13-24(34)30(22)46-16-21-8-6-5-7-20(21)14-35/h5-13,15,27,29,39-40H,4,16-17H2,1-3H3,(H2,37,38,42)/b36-15+/t27-,29+/m0/s1. The van der Waals surface area contributed by atoms with Crippen molar-refractivity contribution < 1.29 is 33.6 Å². The van der Waals surface area contributed by atoms with Gasteiger partial charge in [-0.25, -0.2) is 9.59 Å². The van der Waals surface area contributed by atoms with Crippen molar-refractivity contribution in [2.75, 3.05) is 20.3 Å². The molecule has 0 aliphatic carbocycles. The molecule has 1 heterocycles. The molecule has 2 amide bonds. The number of halogens is 2. The highest BCUT2D eigenvalue weighted by atomic mass is 79.9. The lowest BCUT2D eigenvalue weighted by molar-refractivity contribution is -0.136. The van der Waals surface area contributed by atoms with E-state index in [1.165, 1.54) is 13.3 Å². The van der Waals surface area contributed by atoms with Crippen LogP contribution in [0.4, 0.5) is 4.79 Å². The molecule has 12 nitrogen and oxygen atoms in total. The Morgan fingerprint density at radius 3 is 2.67 bits per heavy atom. The first-order valence-electron chi connectivity index (χ1n) is 14.0. The van der Waals surface area contributed by atoms with Crippen LogP contribution in [0, 0.1) is 11.3 Å². The quantitative estimate of drug-likeness (QED) is 0.0797. The molecule has 3 aromatic rings. The van der Waals surface area contributed by atoms with Gasteiger partial charge in [-0.3, -0.25) is 5.43 Å². The molecule has 0 saturated heterocycles. The largest absolute Gasteiger partial charge is 0.490 e. The number of hydrogen-bond acceptors (Lipinski definition) is 10.